The fraction of sp³-hybridized carbons (Fsp3) is 0.0476. The van der Waals surface area contributed by atoms with Crippen molar-refractivity contribution in [1.82, 2.24) is 4.90 Å². The Labute approximate surface area is 150 Å². The SMILES string of the molecule is O=C(/C=C/c1ccccc1)N(Cc1ccccc1)C(=O)c1ccsc1. The molecule has 2 amide bonds. The van der Waals surface area contributed by atoms with Crippen molar-refractivity contribution in [2.24, 2.45) is 0 Å². The van der Waals surface area contributed by atoms with Crippen LogP contribution in [0.2, 0.25) is 0 Å². The van der Waals surface area contributed by atoms with Gasteiger partial charge < -0.3 is 0 Å². The minimum absolute atomic E-state index is 0.244. The van der Waals surface area contributed by atoms with Gasteiger partial charge in [0.25, 0.3) is 11.8 Å². The highest BCUT2D eigenvalue weighted by molar-refractivity contribution is 7.08. The number of rotatable bonds is 5. The maximum atomic E-state index is 12.7. The van der Waals surface area contributed by atoms with Crippen LogP contribution < -0.4 is 0 Å². The largest absolute Gasteiger partial charge is 0.270 e. The molecule has 0 saturated carbocycles. The van der Waals surface area contributed by atoms with Crippen LogP contribution in [0.3, 0.4) is 0 Å². The van der Waals surface area contributed by atoms with Crippen LogP contribution in [-0.4, -0.2) is 16.7 Å². The molecule has 0 spiro atoms. The fourth-order valence-corrected chi connectivity index (χ4v) is 3.01. The first-order valence-corrected chi connectivity index (χ1v) is 8.83. The predicted octanol–water partition coefficient (Wildman–Crippen LogP) is 4.63. The zero-order valence-corrected chi connectivity index (χ0v) is 14.4. The van der Waals surface area contributed by atoms with Gasteiger partial charge in [0.05, 0.1) is 12.1 Å². The van der Waals surface area contributed by atoms with Crippen LogP contribution in [-0.2, 0) is 11.3 Å². The van der Waals surface area contributed by atoms with Gasteiger partial charge in [0.15, 0.2) is 0 Å². The first-order chi connectivity index (χ1) is 12.2. The van der Waals surface area contributed by atoms with Crippen molar-refractivity contribution in [3.63, 3.8) is 0 Å². The van der Waals surface area contributed by atoms with Gasteiger partial charge in [-0.05, 0) is 28.6 Å². The third-order valence-electron chi connectivity index (χ3n) is 3.68. The summed E-state index contributed by atoms with van der Waals surface area (Å²) in [6.07, 6.45) is 3.17. The van der Waals surface area contributed by atoms with E-state index in [1.807, 2.05) is 66.0 Å². The zero-order chi connectivity index (χ0) is 17.5. The molecule has 3 rings (SSSR count). The quantitative estimate of drug-likeness (QED) is 0.631. The van der Waals surface area contributed by atoms with E-state index in [-0.39, 0.29) is 18.4 Å². The van der Waals surface area contributed by atoms with Gasteiger partial charge in [-0.25, -0.2) is 0 Å². The number of hydrogen-bond donors (Lipinski definition) is 0. The van der Waals surface area contributed by atoms with E-state index in [1.165, 1.54) is 22.3 Å². The molecule has 0 aliphatic rings. The van der Waals surface area contributed by atoms with Gasteiger partial charge in [0.2, 0.25) is 0 Å². The highest BCUT2D eigenvalue weighted by Crippen LogP contribution is 2.14. The molecule has 0 saturated heterocycles. The molecule has 4 heteroatoms. The van der Waals surface area contributed by atoms with Crippen LogP contribution in [0.4, 0.5) is 0 Å². The predicted molar refractivity (Wildman–Crippen MR) is 101 cm³/mol. The lowest BCUT2D eigenvalue weighted by atomic mass is 10.1. The summed E-state index contributed by atoms with van der Waals surface area (Å²) in [4.78, 5) is 26.7. The monoisotopic (exact) mass is 347 g/mol. The van der Waals surface area contributed by atoms with E-state index < -0.39 is 0 Å². The second-order valence-electron chi connectivity index (χ2n) is 5.47. The fourth-order valence-electron chi connectivity index (χ4n) is 2.38. The summed E-state index contributed by atoms with van der Waals surface area (Å²) in [5, 5.41) is 3.59. The van der Waals surface area contributed by atoms with Crippen LogP contribution in [0.25, 0.3) is 6.08 Å². The van der Waals surface area contributed by atoms with Gasteiger partial charge in [0.1, 0.15) is 0 Å². The average molecular weight is 347 g/mol. The molecule has 0 unspecified atom stereocenters. The van der Waals surface area contributed by atoms with E-state index in [9.17, 15) is 9.59 Å². The van der Waals surface area contributed by atoms with Gasteiger partial charge >= 0.3 is 0 Å². The number of amides is 2. The van der Waals surface area contributed by atoms with Crippen molar-refractivity contribution in [3.05, 3.63) is 100 Å². The molecule has 3 nitrogen and oxygen atoms in total. The molecular formula is C21H17NO2S. The Morgan fingerprint density at radius 3 is 2.24 bits per heavy atom. The van der Waals surface area contributed by atoms with E-state index in [4.69, 9.17) is 0 Å². The lowest BCUT2D eigenvalue weighted by Gasteiger charge is -2.19. The summed E-state index contributed by atoms with van der Waals surface area (Å²) in [5.41, 5.74) is 2.36. The van der Waals surface area contributed by atoms with Crippen molar-refractivity contribution in [1.29, 1.82) is 0 Å². The van der Waals surface area contributed by atoms with E-state index in [0.29, 0.717) is 5.56 Å². The first kappa shape index (κ1) is 16.9. The summed E-state index contributed by atoms with van der Waals surface area (Å²) >= 11 is 1.44. The smallest absolute Gasteiger partial charge is 0.261 e. The summed E-state index contributed by atoms with van der Waals surface area (Å²) in [6, 6.07) is 20.8. The van der Waals surface area contributed by atoms with Crippen molar-refractivity contribution >= 4 is 29.2 Å². The summed E-state index contributed by atoms with van der Waals surface area (Å²) in [5.74, 6) is -0.614. The van der Waals surface area contributed by atoms with E-state index in [0.717, 1.165) is 11.1 Å². The minimum Gasteiger partial charge on any atom is -0.270 e. The van der Waals surface area contributed by atoms with Gasteiger partial charge in [-0.15, -0.1) is 0 Å². The third kappa shape index (κ3) is 4.52. The Kier molecular flexibility index (Phi) is 5.54. The molecule has 0 radical (unpaired) electrons. The summed E-state index contributed by atoms with van der Waals surface area (Å²) in [7, 11) is 0. The Bertz CT molecular complexity index is 855. The van der Waals surface area contributed by atoms with Crippen molar-refractivity contribution in [2.45, 2.75) is 6.54 Å². The number of imide groups is 1. The number of nitrogens with zero attached hydrogens (tertiary/aromatic N) is 1. The van der Waals surface area contributed by atoms with Crippen molar-refractivity contribution in [3.8, 4) is 0 Å². The van der Waals surface area contributed by atoms with Crippen LogP contribution in [0.1, 0.15) is 21.5 Å². The van der Waals surface area contributed by atoms with Crippen LogP contribution in [0, 0.1) is 0 Å². The van der Waals surface area contributed by atoms with Crippen LogP contribution in [0.15, 0.2) is 83.6 Å². The number of carbonyl (C=O) groups is 2. The number of benzene rings is 2. The number of carbonyl (C=O) groups excluding carboxylic acids is 2. The molecule has 0 N–H and O–H groups in total. The summed E-state index contributed by atoms with van der Waals surface area (Å²) in [6.45, 7) is 0.244. The molecule has 124 valence electrons. The molecule has 0 aliphatic carbocycles. The van der Waals surface area contributed by atoms with E-state index in [1.54, 1.807) is 17.5 Å². The van der Waals surface area contributed by atoms with Gasteiger partial charge in [-0.1, -0.05) is 60.7 Å². The topological polar surface area (TPSA) is 37.4 Å². The molecule has 1 aromatic heterocycles. The van der Waals surface area contributed by atoms with Crippen molar-refractivity contribution < 1.29 is 9.59 Å². The maximum Gasteiger partial charge on any atom is 0.261 e. The lowest BCUT2D eigenvalue weighted by Crippen LogP contribution is -2.35. The lowest BCUT2D eigenvalue weighted by molar-refractivity contribution is -0.124. The second kappa shape index (κ2) is 8.22. The molecule has 0 bridgehead atoms. The van der Waals surface area contributed by atoms with E-state index >= 15 is 0 Å². The highest BCUT2D eigenvalue weighted by Gasteiger charge is 2.21. The minimum atomic E-state index is -0.330. The van der Waals surface area contributed by atoms with Gasteiger partial charge in [-0.2, -0.15) is 11.3 Å². The van der Waals surface area contributed by atoms with Crippen molar-refractivity contribution in [2.75, 3.05) is 0 Å². The first-order valence-electron chi connectivity index (χ1n) is 7.89. The second-order valence-corrected chi connectivity index (χ2v) is 6.25. The third-order valence-corrected chi connectivity index (χ3v) is 4.36. The molecule has 0 atom stereocenters. The molecule has 1 heterocycles. The van der Waals surface area contributed by atoms with Crippen LogP contribution in [0.5, 0.6) is 0 Å². The Morgan fingerprint density at radius 1 is 0.920 bits per heavy atom. The molecular weight excluding hydrogens is 330 g/mol. The molecule has 25 heavy (non-hydrogen) atoms. The average Bonchev–Trinajstić information content (AvgIpc) is 3.20. The normalized spacial score (nSPS) is 10.7. The number of hydrogen-bond acceptors (Lipinski definition) is 3. The molecule has 0 fully saturated rings. The van der Waals surface area contributed by atoms with Crippen LogP contribution >= 0.6 is 11.3 Å². The number of thiophene rings is 1. The molecule has 0 aliphatic heterocycles. The Morgan fingerprint density at radius 2 is 1.60 bits per heavy atom. The Balaban J connectivity index is 1.83. The van der Waals surface area contributed by atoms with Gasteiger partial charge in [-0.3, -0.25) is 14.5 Å². The zero-order valence-electron chi connectivity index (χ0n) is 13.5. The maximum absolute atomic E-state index is 12.7. The Hall–Kier alpha value is -2.98. The standard InChI is InChI=1S/C21H17NO2S/c23-20(12-11-17-7-3-1-4-8-17)22(15-18-9-5-2-6-10-18)21(24)19-13-14-25-16-19/h1-14,16H,15H2/b12-11+. The molecule has 2 aromatic carbocycles. The highest BCUT2D eigenvalue weighted by atomic mass is 32.1. The molecule has 3 aromatic rings. The van der Waals surface area contributed by atoms with Gasteiger partial charge in [0, 0.05) is 11.5 Å². The van der Waals surface area contributed by atoms with E-state index in [2.05, 4.69) is 0 Å². The summed E-state index contributed by atoms with van der Waals surface area (Å²) < 4.78 is 0.